The van der Waals surface area contributed by atoms with Crippen LogP contribution in [0, 0.1) is 17.5 Å². The lowest BCUT2D eigenvalue weighted by Gasteiger charge is -2.04. The number of nitrogens with two attached hydrogens (primary N) is 1. The van der Waals surface area contributed by atoms with E-state index in [2.05, 4.69) is 0 Å². The summed E-state index contributed by atoms with van der Waals surface area (Å²) in [4.78, 5) is 11.0. The highest BCUT2D eigenvalue weighted by Gasteiger charge is 2.34. The Morgan fingerprint density at radius 2 is 1.93 bits per heavy atom. The summed E-state index contributed by atoms with van der Waals surface area (Å²) in [6, 6.07) is -0.908. The molecule has 1 heterocycles. The Bertz CT molecular complexity index is 433. The van der Waals surface area contributed by atoms with Gasteiger partial charge in [0.25, 0.3) is 0 Å². The Hall–Kier alpha value is -1.56. The molecule has 1 aromatic carbocycles. The summed E-state index contributed by atoms with van der Waals surface area (Å²) < 4.78 is 38.8. The van der Waals surface area contributed by atoms with E-state index in [0.29, 0.717) is 6.07 Å². The fourth-order valence-corrected chi connectivity index (χ4v) is 1.37. The zero-order valence-corrected chi connectivity index (χ0v) is 6.77. The molecule has 0 aliphatic carbocycles. The van der Waals surface area contributed by atoms with Crippen LogP contribution in [0.25, 0.3) is 0 Å². The highest BCUT2D eigenvalue weighted by molar-refractivity contribution is 6.02. The predicted molar refractivity (Wildman–Crippen MR) is 41.9 cm³/mol. The molecule has 2 rings (SSSR count). The third kappa shape index (κ3) is 1.00. The van der Waals surface area contributed by atoms with Crippen LogP contribution in [-0.2, 0) is 4.79 Å². The quantitative estimate of drug-likeness (QED) is 0.618. The summed E-state index contributed by atoms with van der Waals surface area (Å²) >= 11 is 0. The van der Waals surface area contributed by atoms with Gasteiger partial charge in [-0.25, -0.2) is 13.2 Å². The van der Waals surface area contributed by atoms with Crippen molar-refractivity contribution in [3.63, 3.8) is 0 Å². The first-order valence-corrected chi connectivity index (χ1v) is 3.76. The van der Waals surface area contributed by atoms with Gasteiger partial charge in [0.1, 0.15) is 11.9 Å². The molecule has 3 nitrogen and oxygen atoms in total. The molecule has 0 saturated heterocycles. The van der Waals surface area contributed by atoms with Crippen molar-refractivity contribution in [3.8, 4) is 0 Å². The second-order valence-corrected chi connectivity index (χ2v) is 2.91. The molecule has 1 aromatic rings. The SMILES string of the molecule is NC1C(=O)Nc2c(F)c(F)cc(F)c21. The van der Waals surface area contributed by atoms with Crippen LogP contribution < -0.4 is 11.1 Å². The first-order valence-electron chi connectivity index (χ1n) is 3.76. The van der Waals surface area contributed by atoms with Crippen molar-refractivity contribution >= 4 is 11.6 Å². The second kappa shape index (κ2) is 2.71. The van der Waals surface area contributed by atoms with E-state index in [1.54, 1.807) is 0 Å². The number of fused-ring (bicyclic) bond motifs is 1. The number of amides is 1. The first-order chi connectivity index (χ1) is 6.52. The van der Waals surface area contributed by atoms with Gasteiger partial charge in [-0.3, -0.25) is 4.79 Å². The molecule has 1 amide bonds. The zero-order chi connectivity index (χ0) is 10.5. The van der Waals surface area contributed by atoms with Crippen molar-refractivity contribution in [1.29, 1.82) is 0 Å². The summed E-state index contributed by atoms with van der Waals surface area (Å²) in [5, 5.41) is 1.98. The molecule has 0 bridgehead atoms. The molecule has 0 aromatic heterocycles. The van der Waals surface area contributed by atoms with Gasteiger partial charge >= 0.3 is 0 Å². The summed E-state index contributed by atoms with van der Waals surface area (Å²) in [5.41, 5.74) is 4.44. The fraction of sp³-hybridized carbons (Fsp3) is 0.125. The number of carbonyl (C=O) groups excluding carboxylic acids is 1. The summed E-state index contributed by atoms with van der Waals surface area (Å²) in [6.07, 6.45) is 0. The van der Waals surface area contributed by atoms with Gasteiger partial charge in [0, 0.05) is 11.6 Å². The van der Waals surface area contributed by atoms with Crippen molar-refractivity contribution in [2.24, 2.45) is 5.73 Å². The lowest BCUT2D eigenvalue weighted by molar-refractivity contribution is -0.116. The normalized spacial score (nSPS) is 19.4. The summed E-state index contributed by atoms with van der Waals surface area (Å²) in [5.74, 6) is -4.41. The predicted octanol–water partition coefficient (Wildman–Crippen LogP) is 1.06. The number of hydrogen-bond acceptors (Lipinski definition) is 2. The molecular formula is C8H5F3N2O. The Balaban J connectivity index is 2.73. The van der Waals surface area contributed by atoms with E-state index < -0.39 is 35.1 Å². The lowest BCUT2D eigenvalue weighted by atomic mass is 10.1. The van der Waals surface area contributed by atoms with Crippen molar-refractivity contribution in [3.05, 3.63) is 29.1 Å². The first kappa shape index (κ1) is 9.01. The van der Waals surface area contributed by atoms with Crippen LogP contribution in [0.3, 0.4) is 0 Å². The third-order valence-electron chi connectivity index (χ3n) is 2.05. The van der Waals surface area contributed by atoms with Crippen LogP contribution in [0.2, 0.25) is 0 Å². The number of benzene rings is 1. The molecule has 1 aliphatic rings. The molecule has 0 radical (unpaired) electrons. The highest BCUT2D eigenvalue weighted by atomic mass is 19.2. The van der Waals surface area contributed by atoms with Crippen molar-refractivity contribution in [2.45, 2.75) is 6.04 Å². The molecule has 1 atom stereocenters. The van der Waals surface area contributed by atoms with Gasteiger partial charge < -0.3 is 11.1 Å². The molecule has 1 unspecified atom stereocenters. The van der Waals surface area contributed by atoms with Crippen molar-refractivity contribution in [2.75, 3.05) is 5.32 Å². The number of nitrogens with one attached hydrogen (secondary N) is 1. The highest BCUT2D eigenvalue weighted by Crippen LogP contribution is 2.34. The van der Waals surface area contributed by atoms with Gasteiger partial charge in [0.05, 0.1) is 5.69 Å². The average Bonchev–Trinajstić information content (AvgIpc) is 2.40. The monoisotopic (exact) mass is 202 g/mol. The molecule has 3 N–H and O–H groups in total. The van der Waals surface area contributed by atoms with Gasteiger partial charge in [-0.1, -0.05) is 0 Å². The Morgan fingerprint density at radius 3 is 2.57 bits per heavy atom. The van der Waals surface area contributed by atoms with E-state index in [0.717, 1.165) is 0 Å². The molecule has 0 fully saturated rings. The molecule has 6 heteroatoms. The minimum atomic E-state index is -1.35. The molecule has 14 heavy (non-hydrogen) atoms. The maximum atomic E-state index is 13.1. The van der Waals surface area contributed by atoms with E-state index in [-0.39, 0.29) is 5.56 Å². The van der Waals surface area contributed by atoms with Crippen LogP contribution in [0.15, 0.2) is 6.07 Å². The zero-order valence-electron chi connectivity index (χ0n) is 6.77. The molecule has 1 aliphatic heterocycles. The van der Waals surface area contributed by atoms with Gasteiger partial charge in [-0.15, -0.1) is 0 Å². The minimum Gasteiger partial charge on any atom is -0.321 e. The van der Waals surface area contributed by atoms with E-state index in [1.807, 2.05) is 5.32 Å². The molecule has 0 saturated carbocycles. The fourth-order valence-electron chi connectivity index (χ4n) is 1.37. The van der Waals surface area contributed by atoms with E-state index in [4.69, 9.17) is 5.73 Å². The van der Waals surface area contributed by atoms with Crippen LogP contribution in [-0.4, -0.2) is 5.91 Å². The molecule has 0 spiro atoms. The lowest BCUT2D eigenvalue weighted by Crippen LogP contribution is -2.20. The van der Waals surface area contributed by atoms with E-state index in [9.17, 15) is 18.0 Å². The molecule has 74 valence electrons. The average molecular weight is 202 g/mol. The van der Waals surface area contributed by atoms with Gasteiger partial charge in [-0.05, 0) is 0 Å². The second-order valence-electron chi connectivity index (χ2n) is 2.91. The number of halogens is 3. The number of rotatable bonds is 0. The van der Waals surface area contributed by atoms with Gasteiger partial charge in [0.2, 0.25) is 5.91 Å². The Labute approximate surface area is 76.7 Å². The van der Waals surface area contributed by atoms with E-state index in [1.165, 1.54) is 0 Å². The standard InChI is InChI=1S/C8H5F3N2O/c9-2-1-3(10)5(11)7-4(2)6(12)8(14)13-7/h1,6H,12H2,(H,13,14). The van der Waals surface area contributed by atoms with Crippen LogP contribution >= 0.6 is 0 Å². The van der Waals surface area contributed by atoms with Crippen molar-refractivity contribution in [1.82, 2.24) is 0 Å². The third-order valence-corrected chi connectivity index (χ3v) is 2.05. The topological polar surface area (TPSA) is 55.1 Å². The maximum absolute atomic E-state index is 13.1. The molecular weight excluding hydrogens is 197 g/mol. The smallest absolute Gasteiger partial charge is 0.246 e. The Morgan fingerprint density at radius 1 is 1.29 bits per heavy atom. The summed E-state index contributed by atoms with van der Waals surface area (Å²) in [6.45, 7) is 0. The van der Waals surface area contributed by atoms with Crippen molar-refractivity contribution < 1.29 is 18.0 Å². The largest absolute Gasteiger partial charge is 0.321 e. The van der Waals surface area contributed by atoms with Crippen LogP contribution in [0.5, 0.6) is 0 Å². The van der Waals surface area contributed by atoms with E-state index >= 15 is 0 Å². The van der Waals surface area contributed by atoms with Gasteiger partial charge in [0.15, 0.2) is 11.6 Å². The maximum Gasteiger partial charge on any atom is 0.246 e. The van der Waals surface area contributed by atoms with Gasteiger partial charge in [-0.2, -0.15) is 0 Å². The number of carbonyl (C=O) groups is 1. The van der Waals surface area contributed by atoms with Crippen LogP contribution in [0.4, 0.5) is 18.9 Å². The number of hydrogen-bond donors (Lipinski definition) is 2. The number of anilines is 1. The minimum absolute atomic E-state index is 0.325. The Kier molecular flexibility index (Phi) is 1.75. The van der Waals surface area contributed by atoms with Crippen LogP contribution in [0.1, 0.15) is 11.6 Å². The summed E-state index contributed by atoms with van der Waals surface area (Å²) in [7, 11) is 0.